The molecule has 82 heavy (non-hydrogen) atoms. The topological polar surface area (TPSA) is 21.1 Å². The van der Waals surface area contributed by atoms with Crippen molar-refractivity contribution in [2.24, 2.45) is 0 Å². The van der Waals surface area contributed by atoms with E-state index in [-0.39, 0.29) is 5.41 Å². The molecule has 4 heteroatoms. The minimum Gasteiger partial charge on any atom is -0.309 e. The molecule has 1 spiro atoms. The summed E-state index contributed by atoms with van der Waals surface area (Å²) in [6.45, 7) is 0. The summed E-state index contributed by atoms with van der Waals surface area (Å²) in [5.41, 5.74) is 18.6. The molecular weight excluding hydrogens is 1010 g/mol. The highest BCUT2D eigenvalue weighted by Crippen LogP contribution is 2.64. The third-order valence-corrected chi connectivity index (χ3v) is 23.5. The van der Waals surface area contributed by atoms with Gasteiger partial charge in [0.25, 0.3) is 0 Å². The van der Waals surface area contributed by atoms with Crippen LogP contribution in [0.2, 0.25) is 0 Å². The normalized spacial score (nSPS) is 14.0. The third kappa shape index (κ3) is 6.00. The lowest BCUT2D eigenvalue weighted by Crippen LogP contribution is -2.77. The van der Waals surface area contributed by atoms with Gasteiger partial charge in [0.2, 0.25) is 0 Å². The van der Waals surface area contributed by atoms with E-state index in [4.69, 9.17) is 4.98 Å². The van der Waals surface area contributed by atoms with Crippen molar-refractivity contribution in [2.45, 2.75) is 5.41 Å². The zero-order chi connectivity index (χ0) is 53.7. The SMILES string of the molecule is c1ccc([Si]2(c3ccccc3)c3ccccc3N(c3nccc4ccccc34)c3ccc(-c4ccc5c(c4)c4ccccc4n5-c4ccc5cc6ccc7c(c6cc5c4)-c4ccccc4C74c5ccccc5-c5ccccc54)cc32)cc1. The predicted octanol–water partition coefficient (Wildman–Crippen LogP) is 16.8. The smallest absolute Gasteiger partial charge is 0.184 e. The molecule has 3 heterocycles. The molecule has 13 aromatic carbocycles. The minimum absolute atomic E-state index is 0.388. The molecule has 0 bridgehead atoms. The highest BCUT2D eigenvalue weighted by Gasteiger charge is 2.52. The molecular formula is C78H49N3Si. The van der Waals surface area contributed by atoms with Gasteiger partial charge in [0, 0.05) is 39.4 Å². The number of para-hydroxylation sites is 2. The van der Waals surface area contributed by atoms with E-state index in [1.807, 2.05) is 6.20 Å². The molecule has 380 valence electrons. The van der Waals surface area contributed by atoms with E-state index in [0.717, 1.165) is 28.0 Å². The van der Waals surface area contributed by atoms with Gasteiger partial charge in [-0.25, -0.2) is 4.98 Å². The van der Waals surface area contributed by atoms with Crippen LogP contribution in [0.3, 0.4) is 0 Å². The molecule has 0 radical (unpaired) electrons. The lowest BCUT2D eigenvalue weighted by molar-refractivity contribution is 0.794. The Morgan fingerprint density at radius 1 is 0.329 bits per heavy atom. The molecule has 3 nitrogen and oxygen atoms in total. The third-order valence-electron chi connectivity index (χ3n) is 18.6. The van der Waals surface area contributed by atoms with Gasteiger partial charge < -0.3 is 4.57 Å². The first-order valence-corrected chi connectivity index (χ1v) is 30.5. The Bertz CT molecular complexity index is 5100. The van der Waals surface area contributed by atoms with Crippen LogP contribution < -0.4 is 25.6 Å². The molecule has 18 rings (SSSR count). The molecule has 1 aliphatic heterocycles. The van der Waals surface area contributed by atoms with Crippen molar-refractivity contribution < 1.29 is 0 Å². The predicted molar refractivity (Wildman–Crippen MR) is 345 cm³/mol. The Balaban J connectivity index is 0.824. The van der Waals surface area contributed by atoms with Crippen molar-refractivity contribution in [3.63, 3.8) is 0 Å². The van der Waals surface area contributed by atoms with Crippen molar-refractivity contribution in [3.05, 3.63) is 320 Å². The summed E-state index contributed by atoms with van der Waals surface area (Å²) < 4.78 is 2.48. The molecule has 0 unspecified atom stereocenters. The molecule has 15 aromatic rings. The van der Waals surface area contributed by atoms with Crippen LogP contribution in [0.5, 0.6) is 0 Å². The number of rotatable bonds is 5. The summed E-state index contributed by atoms with van der Waals surface area (Å²) in [5, 5.41) is 15.1. The monoisotopic (exact) mass is 1060 g/mol. The largest absolute Gasteiger partial charge is 0.309 e. The van der Waals surface area contributed by atoms with Gasteiger partial charge in [0.05, 0.1) is 16.4 Å². The van der Waals surface area contributed by atoms with E-state index in [2.05, 4.69) is 301 Å². The van der Waals surface area contributed by atoms with Crippen LogP contribution in [0.4, 0.5) is 17.2 Å². The van der Waals surface area contributed by atoms with Crippen LogP contribution in [-0.4, -0.2) is 17.6 Å². The molecule has 0 N–H and O–H groups in total. The van der Waals surface area contributed by atoms with Crippen LogP contribution in [0.1, 0.15) is 22.3 Å². The summed E-state index contributed by atoms with van der Waals surface area (Å²) in [7, 11) is -2.99. The highest BCUT2D eigenvalue weighted by molar-refractivity contribution is 7.21. The first kappa shape index (κ1) is 45.5. The summed E-state index contributed by atoms with van der Waals surface area (Å²) in [6, 6.07) is 110. The molecule has 0 amide bonds. The number of anilines is 3. The number of aromatic nitrogens is 2. The number of hydrogen-bond donors (Lipinski definition) is 0. The summed E-state index contributed by atoms with van der Waals surface area (Å²) in [4.78, 5) is 7.65. The Morgan fingerprint density at radius 2 is 0.927 bits per heavy atom. The van der Waals surface area contributed by atoms with Crippen molar-refractivity contribution >= 4 is 100 Å². The zero-order valence-electron chi connectivity index (χ0n) is 44.6. The lowest BCUT2D eigenvalue weighted by Gasteiger charge is -2.45. The second-order valence-corrected chi connectivity index (χ2v) is 26.2. The van der Waals surface area contributed by atoms with Gasteiger partial charge in [-0.15, -0.1) is 0 Å². The molecule has 0 saturated carbocycles. The maximum Gasteiger partial charge on any atom is 0.184 e. The van der Waals surface area contributed by atoms with E-state index >= 15 is 0 Å². The van der Waals surface area contributed by atoms with Crippen molar-refractivity contribution in [1.29, 1.82) is 0 Å². The fourth-order valence-corrected chi connectivity index (χ4v) is 20.5. The second-order valence-electron chi connectivity index (χ2n) is 22.5. The van der Waals surface area contributed by atoms with Crippen LogP contribution in [0.15, 0.2) is 297 Å². The maximum atomic E-state index is 5.21. The highest BCUT2D eigenvalue weighted by atomic mass is 28.3. The number of fused-ring (bicyclic) bond motifs is 19. The number of nitrogens with zero attached hydrogens (tertiary/aromatic N) is 3. The maximum absolute atomic E-state index is 5.21. The standard InChI is InChI=1S/C78H49N3Si/c1-3-20-57(21-4-1)82(58-22-5-2-6-23-58)74-34-18-17-33-72(74)81(77-59-24-8-7-19-50(59)43-44-79-77)73-42-38-53(49-75(73)82)52-37-41-71-65(47-52)62-27-12-16-32-70(62)80(71)56-39-35-51-45-54-36-40-69-76(64(54)48-55(51)46-56)63-28-11-15-31-68(63)78(69)66-29-13-9-25-60(66)61-26-10-14-30-67(61)78/h1-49H. The van der Waals surface area contributed by atoms with Gasteiger partial charge in [0.1, 0.15) is 5.82 Å². The minimum atomic E-state index is -2.99. The van der Waals surface area contributed by atoms with E-state index in [1.54, 1.807) is 0 Å². The van der Waals surface area contributed by atoms with E-state index in [1.165, 1.54) is 125 Å². The zero-order valence-corrected chi connectivity index (χ0v) is 45.6. The molecule has 2 aliphatic carbocycles. The molecule has 0 saturated heterocycles. The Labute approximate surface area is 475 Å². The van der Waals surface area contributed by atoms with E-state index in [0.29, 0.717) is 0 Å². The molecule has 3 aliphatic rings. The van der Waals surface area contributed by atoms with Gasteiger partial charge in [0.15, 0.2) is 8.07 Å². The number of hydrogen-bond acceptors (Lipinski definition) is 2. The quantitative estimate of drug-likeness (QED) is 0.127. The average Bonchev–Trinajstić information content (AvgIpc) is 3.02. The van der Waals surface area contributed by atoms with Crippen molar-refractivity contribution in [3.8, 4) is 39.1 Å². The van der Waals surface area contributed by atoms with Gasteiger partial charge in [-0.2, -0.15) is 0 Å². The van der Waals surface area contributed by atoms with Crippen LogP contribution >= 0.6 is 0 Å². The van der Waals surface area contributed by atoms with Crippen LogP contribution in [0.25, 0.3) is 93.2 Å². The van der Waals surface area contributed by atoms with E-state index in [9.17, 15) is 0 Å². The number of pyridine rings is 1. The molecule has 0 atom stereocenters. The summed E-state index contributed by atoms with van der Waals surface area (Å²) >= 11 is 0. The summed E-state index contributed by atoms with van der Waals surface area (Å²) in [5.74, 6) is 0.934. The van der Waals surface area contributed by atoms with Gasteiger partial charge in [-0.3, -0.25) is 4.90 Å². The van der Waals surface area contributed by atoms with Gasteiger partial charge in [-0.05, 0) is 164 Å². The average molecular weight is 1060 g/mol. The Hall–Kier alpha value is -10.4. The summed E-state index contributed by atoms with van der Waals surface area (Å²) in [6.07, 6.45) is 1.96. The lowest BCUT2D eigenvalue weighted by atomic mass is 9.70. The van der Waals surface area contributed by atoms with Gasteiger partial charge in [-0.1, -0.05) is 231 Å². The molecule has 0 fully saturated rings. The van der Waals surface area contributed by atoms with Gasteiger partial charge >= 0.3 is 0 Å². The Kier molecular flexibility index (Phi) is 9.46. The second kappa shape index (κ2) is 17.1. The van der Waals surface area contributed by atoms with Crippen LogP contribution in [0, 0.1) is 0 Å². The molecule has 2 aromatic heterocycles. The van der Waals surface area contributed by atoms with Crippen LogP contribution in [-0.2, 0) is 5.41 Å². The fraction of sp³-hybridized carbons (Fsp3) is 0.0128. The van der Waals surface area contributed by atoms with Crippen molar-refractivity contribution in [2.75, 3.05) is 4.90 Å². The Morgan fingerprint density at radius 3 is 1.71 bits per heavy atom. The van der Waals surface area contributed by atoms with E-state index < -0.39 is 8.07 Å². The first-order valence-electron chi connectivity index (χ1n) is 28.5. The fourth-order valence-electron chi connectivity index (χ4n) is 15.4. The first-order chi connectivity index (χ1) is 40.7. The van der Waals surface area contributed by atoms with Crippen molar-refractivity contribution in [1.82, 2.24) is 9.55 Å². The number of benzene rings is 13.